The highest BCUT2D eigenvalue weighted by Crippen LogP contribution is 2.46. The molecule has 1 saturated heterocycles. The standard InChI is InChI=1S/C33H30ClN5O5S2/c1-4-5-16-44-23-14-11-21(17-24(23)43-3)28-26(29(40)27-19(2)35-25-8-6-7-15-38(25)27)30(41)31(42)39(28)32-36-37-33(46-32)45-18-20-9-12-22(34)13-10-20/h6-15,17,28,40H,4-5,16,18H2,1-3H3. The first-order valence-corrected chi connectivity index (χ1v) is 16.7. The van der Waals surface area contributed by atoms with Gasteiger partial charge in [-0.15, -0.1) is 10.2 Å². The number of ketones is 1. The fourth-order valence-electron chi connectivity index (χ4n) is 5.26. The molecule has 3 aromatic heterocycles. The van der Waals surface area contributed by atoms with Crippen LogP contribution in [0.25, 0.3) is 11.4 Å². The molecule has 1 amide bonds. The highest BCUT2D eigenvalue weighted by atomic mass is 35.5. The van der Waals surface area contributed by atoms with E-state index >= 15 is 0 Å². The second kappa shape index (κ2) is 13.5. The molecular weight excluding hydrogens is 646 g/mol. The summed E-state index contributed by atoms with van der Waals surface area (Å²) < 4.78 is 13.9. The third-order valence-electron chi connectivity index (χ3n) is 7.51. The number of halogens is 1. The van der Waals surface area contributed by atoms with Crippen LogP contribution in [0.3, 0.4) is 0 Å². The number of aliphatic hydroxyl groups is 1. The van der Waals surface area contributed by atoms with Crippen molar-refractivity contribution in [2.75, 3.05) is 18.6 Å². The number of Topliss-reactive ketones (excluding diaryl/α,β-unsaturated/α-hetero) is 1. The number of amides is 1. The number of nitrogens with zero attached hydrogens (tertiary/aromatic N) is 5. The van der Waals surface area contributed by atoms with E-state index in [1.165, 1.54) is 35.1 Å². The molecule has 0 saturated carbocycles. The molecule has 1 fully saturated rings. The Morgan fingerprint density at radius 3 is 2.65 bits per heavy atom. The van der Waals surface area contributed by atoms with Gasteiger partial charge in [0, 0.05) is 17.0 Å². The Morgan fingerprint density at radius 1 is 1.09 bits per heavy atom. The summed E-state index contributed by atoms with van der Waals surface area (Å²) in [5.74, 6) is -0.441. The van der Waals surface area contributed by atoms with Gasteiger partial charge in [-0.1, -0.05) is 72.3 Å². The van der Waals surface area contributed by atoms with Crippen LogP contribution >= 0.6 is 34.7 Å². The number of imidazole rings is 1. The maximum atomic E-state index is 13.8. The van der Waals surface area contributed by atoms with E-state index in [1.54, 1.807) is 47.9 Å². The number of anilines is 1. The molecule has 46 heavy (non-hydrogen) atoms. The lowest BCUT2D eigenvalue weighted by molar-refractivity contribution is -0.132. The van der Waals surface area contributed by atoms with Gasteiger partial charge < -0.3 is 14.6 Å². The molecule has 0 bridgehead atoms. The molecule has 1 aliphatic rings. The lowest BCUT2D eigenvalue weighted by atomic mass is 9.96. The molecule has 6 rings (SSSR count). The van der Waals surface area contributed by atoms with Gasteiger partial charge in [-0.05, 0) is 60.9 Å². The number of thioether (sulfide) groups is 1. The number of pyridine rings is 1. The minimum absolute atomic E-state index is 0.0916. The molecule has 5 aromatic rings. The molecule has 10 nitrogen and oxygen atoms in total. The minimum Gasteiger partial charge on any atom is -0.505 e. The van der Waals surface area contributed by atoms with Crippen LogP contribution in [0, 0.1) is 6.92 Å². The predicted octanol–water partition coefficient (Wildman–Crippen LogP) is 7.25. The first kappa shape index (κ1) is 31.6. The average molecular weight is 676 g/mol. The van der Waals surface area contributed by atoms with Gasteiger partial charge in [0.2, 0.25) is 5.13 Å². The highest BCUT2D eigenvalue weighted by Gasteiger charge is 2.49. The van der Waals surface area contributed by atoms with Gasteiger partial charge in [0.05, 0.1) is 31.0 Å². The Hall–Kier alpha value is -4.39. The molecule has 1 unspecified atom stereocenters. The normalized spacial score (nSPS) is 16.0. The van der Waals surface area contributed by atoms with Crippen molar-refractivity contribution in [2.45, 2.75) is 42.8 Å². The first-order chi connectivity index (χ1) is 22.3. The Kier molecular flexibility index (Phi) is 9.29. The third-order valence-corrected chi connectivity index (χ3v) is 9.89. The number of hydrogen-bond donors (Lipinski definition) is 1. The van der Waals surface area contributed by atoms with Crippen LogP contribution in [0.1, 0.15) is 48.3 Å². The van der Waals surface area contributed by atoms with Gasteiger partial charge in [0.1, 0.15) is 11.3 Å². The number of aryl methyl sites for hydroxylation is 1. The third kappa shape index (κ3) is 6.07. The largest absolute Gasteiger partial charge is 0.505 e. The number of aliphatic hydroxyl groups excluding tert-OH is 1. The molecule has 13 heteroatoms. The second-order valence-corrected chi connectivity index (χ2v) is 13.1. The molecule has 1 atom stereocenters. The quantitative estimate of drug-likeness (QED) is 0.0385. The number of carbonyl (C=O) groups excluding carboxylic acids is 2. The zero-order chi connectivity index (χ0) is 32.4. The number of ether oxygens (including phenoxy) is 2. The van der Waals surface area contributed by atoms with E-state index in [9.17, 15) is 14.7 Å². The van der Waals surface area contributed by atoms with Crippen LogP contribution in [0.15, 0.2) is 76.8 Å². The zero-order valence-corrected chi connectivity index (χ0v) is 27.7. The molecule has 236 valence electrons. The molecule has 0 radical (unpaired) electrons. The fraction of sp³-hybridized carbons (Fsp3) is 0.242. The molecule has 4 heterocycles. The number of rotatable bonds is 11. The van der Waals surface area contributed by atoms with Gasteiger partial charge in [-0.3, -0.25) is 18.9 Å². The monoisotopic (exact) mass is 675 g/mol. The smallest absolute Gasteiger partial charge is 0.301 e. The van der Waals surface area contributed by atoms with Crippen LogP contribution < -0.4 is 14.4 Å². The predicted molar refractivity (Wildman–Crippen MR) is 179 cm³/mol. The summed E-state index contributed by atoms with van der Waals surface area (Å²) in [7, 11) is 1.53. The molecule has 1 N–H and O–H groups in total. The van der Waals surface area contributed by atoms with Crippen LogP contribution in [0.2, 0.25) is 5.02 Å². The maximum Gasteiger partial charge on any atom is 0.301 e. The topological polar surface area (TPSA) is 119 Å². The van der Waals surface area contributed by atoms with Crippen molar-refractivity contribution in [1.82, 2.24) is 19.6 Å². The first-order valence-electron chi connectivity index (χ1n) is 14.6. The van der Waals surface area contributed by atoms with E-state index in [2.05, 4.69) is 22.1 Å². The van der Waals surface area contributed by atoms with E-state index in [4.69, 9.17) is 21.1 Å². The van der Waals surface area contributed by atoms with Crippen molar-refractivity contribution in [1.29, 1.82) is 0 Å². The van der Waals surface area contributed by atoms with Crippen LogP contribution in [0.5, 0.6) is 11.5 Å². The number of aromatic nitrogens is 4. The number of carbonyl (C=O) groups is 2. The zero-order valence-electron chi connectivity index (χ0n) is 25.3. The van der Waals surface area contributed by atoms with Gasteiger partial charge in [-0.2, -0.15) is 0 Å². The van der Waals surface area contributed by atoms with Crippen molar-refractivity contribution in [3.8, 4) is 11.5 Å². The van der Waals surface area contributed by atoms with E-state index in [-0.39, 0.29) is 16.5 Å². The summed E-state index contributed by atoms with van der Waals surface area (Å²) in [5.41, 5.74) is 2.89. The molecular formula is C33H30ClN5O5S2. The lowest BCUT2D eigenvalue weighted by Crippen LogP contribution is -2.29. The number of benzene rings is 2. The summed E-state index contributed by atoms with van der Waals surface area (Å²) in [6, 6.07) is 17.1. The number of hydrogen-bond acceptors (Lipinski definition) is 10. The Balaban J connectivity index is 1.44. The van der Waals surface area contributed by atoms with Crippen molar-refractivity contribution in [3.05, 3.63) is 100.0 Å². The number of methoxy groups -OCH3 is 1. The van der Waals surface area contributed by atoms with Gasteiger partial charge in [0.25, 0.3) is 5.78 Å². The molecule has 0 aliphatic carbocycles. The van der Waals surface area contributed by atoms with Gasteiger partial charge in [0.15, 0.2) is 21.6 Å². The Morgan fingerprint density at radius 2 is 1.89 bits per heavy atom. The molecule has 1 aliphatic heterocycles. The summed E-state index contributed by atoms with van der Waals surface area (Å²) in [5, 5.41) is 21.4. The number of unbranched alkanes of at least 4 members (excludes halogenated alkanes) is 1. The van der Waals surface area contributed by atoms with Crippen molar-refractivity contribution in [3.63, 3.8) is 0 Å². The minimum atomic E-state index is -1.03. The molecule has 0 spiro atoms. The highest BCUT2D eigenvalue weighted by molar-refractivity contribution is 8.00. The summed E-state index contributed by atoms with van der Waals surface area (Å²) >= 11 is 8.66. The molecule has 2 aromatic carbocycles. The fourth-order valence-corrected chi connectivity index (χ4v) is 7.20. The number of fused-ring (bicyclic) bond motifs is 1. The Labute approximate surface area is 278 Å². The van der Waals surface area contributed by atoms with Gasteiger partial charge in [-0.25, -0.2) is 4.98 Å². The summed E-state index contributed by atoms with van der Waals surface area (Å²) in [4.78, 5) is 33.5. The van der Waals surface area contributed by atoms with Gasteiger partial charge >= 0.3 is 5.91 Å². The van der Waals surface area contributed by atoms with Crippen molar-refractivity contribution in [2.24, 2.45) is 0 Å². The maximum absolute atomic E-state index is 13.8. The van der Waals surface area contributed by atoms with Crippen LogP contribution in [-0.2, 0) is 15.3 Å². The van der Waals surface area contributed by atoms with Crippen molar-refractivity contribution >= 4 is 62.9 Å². The SMILES string of the molecule is CCCCOc1ccc(C2C(=C(O)c3c(C)nc4ccccn34)C(=O)C(=O)N2c2nnc(SCc3ccc(Cl)cc3)s2)cc1OC. The van der Waals surface area contributed by atoms with Crippen LogP contribution in [-0.4, -0.2) is 50.1 Å². The lowest BCUT2D eigenvalue weighted by Gasteiger charge is -2.23. The Bertz CT molecular complexity index is 1960. The summed E-state index contributed by atoms with van der Waals surface area (Å²) in [6.07, 6.45) is 3.59. The van der Waals surface area contributed by atoms with Crippen LogP contribution in [0.4, 0.5) is 5.13 Å². The van der Waals surface area contributed by atoms with E-state index in [0.717, 1.165) is 18.4 Å². The van der Waals surface area contributed by atoms with E-state index in [0.29, 0.717) is 55.8 Å². The average Bonchev–Trinajstić information content (AvgIpc) is 3.74. The summed E-state index contributed by atoms with van der Waals surface area (Å²) in [6.45, 7) is 4.33. The van der Waals surface area contributed by atoms with E-state index < -0.39 is 17.7 Å². The van der Waals surface area contributed by atoms with Crippen molar-refractivity contribution < 1.29 is 24.2 Å². The van der Waals surface area contributed by atoms with E-state index in [1.807, 2.05) is 30.3 Å². The second-order valence-electron chi connectivity index (χ2n) is 10.5.